The first-order chi connectivity index (χ1) is 14.0. The lowest BCUT2D eigenvalue weighted by atomic mass is 10.0. The molecule has 0 saturated heterocycles. The predicted molar refractivity (Wildman–Crippen MR) is 102 cm³/mol. The van der Waals surface area contributed by atoms with Gasteiger partial charge in [0.1, 0.15) is 11.8 Å². The molecule has 1 amide bonds. The summed E-state index contributed by atoms with van der Waals surface area (Å²) >= 11 is 0. The highest BCUT2D eigenvalue weighted by Gasteiger charge is 2.31. The molecule has 0 aliphatic rings. The van der Waals surface area contributed by atoms with E-state index in [0.717, 1.165) is 6.07 Å². The Morgan fingerprint density at radius 1 is 1.13 bits per heavy atom. The van der Waals surface area contributed by atoms with Crippen LogP contribution in [0.25, 0.3) is 0 Å². The number of rotatable bonds is 7. The summed E-state index contributed by atoms with van der Waals surface area (Å²) in [5, 5.41) is 11.4. The number of hydrogen-bond donors (Lipinski definition) is 4. The van der Waals surface area contributed by atoms with E-state index in [1.165, 1.54) is 30.3 Å². The Bertz CT molecular complexity index is 930. The summed E-state index contributed by atoms with van der Waals surface area (Å²) < 4.78 is 41.3. The van der Waals surface area contributed by atoms with Crippen LogP contribution in [0.3, 0.4) is 0 Å². The van der Waals surface area contributed by atoms with E-state index in [0.29, 0.717) is 5.56 Å². The summed E-state index contributed by atoms with van der Waals surface area (Å²) in [5.74, 6) is -2.51. The quantitative estimate of drug-likeness (QED) is 0.392. The normalized spacial score (nSPS) is 12.9. The Kier molecular flexibility index (Phi) is 7.37. The number of nitrogens with zero attached hydrogens (tertiary/aromatic N) is 1. The van der Waals surface area contributed by atoms with Gasteiger partial charge in [-0.1, -0.05) is 30.3 Å². The van der Waals surface area contributed by atoms with Crippen molar-refractivity contribution >= 4 is 17.8 Å². The molecule has 0 spiro atoms. The van der Waals surface area contributed by atoms with Gasteiger partial charge in [-0.2, -0.15) is 4.99 Å². The topological polar surface area (TPSA) is 140 Å². The fourth-order valence-electron chi connectivity index (χ4n) is 2.40. The lowest BCUT2D eigenvalue weighted by Crippen LogP contribution is -2.32. The number of carbonyl (C=O) groups is 2. The average Bonchev–Trinajstić information content (AvgIpc) is 2.66. The number of hydrogen-bond acceptors (Lipinski definition) is 4. The van der Waals surface area contributed by atoms with E-state index in [-0.39, 0.29) is 30.1 Å². The first-order valence-corrected chi connectivity index (χ1v) is 8.58. The third kappa shape index (κ3) is 7.09. The molecule has 0 aromatic heterocycles. The number of benzene rings is 2. The van der Waals surface area contributed by atoms with E-state index >= 15 is 0 Å². The molecule has 11 heteroatoms. The van der Waals surface area contributed by atoms with Gasteiger partial charge >= 0.3 is 12.3 Å². The highest BCUT2D eigenvalue weighted by atomic mass is 19.4. The second kappa shape index (κ2) is 9.74. The summed E-state index contributed by atoms with van der Waals surface area (Å²) in [6, 6.07) is 10.4. The van der Waals surface area contributed by atoms with E-state index in [1.807, 2.05) is 0 Å². The monoisotopic (exact) mass is 424 g/mol. The van der Waals surface area contributed by atoms with Crippen LogP contribution in [0.15, 0.2) is 53.5 Å². The third-order valence-corrected chi connectivity index (χ3v) is 3.85. The van der Waals surface area contributed by atoms with E-state index in [4.69, 9.17) is 16.6 Å². The maximum absolute atomic E-state index is 12.4. The molecule has 1 atom stereocenters. The molecule has 0 radical (unpaired) electrons. The van der Waals surface area contributed by atoms with Crippen molar-refractivity contribution in [1.82, 2.24) is 5.32 Å². The number of carbonyl (C=O) groups excluding carboxylic acids is 1. The summed E-state index contributed by atoms with van der Waals surface area (Å²) in [7, 11) is 0. The Morgan fingerprint density at radius 3 is 2.37 bits per heavy atom. The number of para-hydroxylation sites is 1. The molecule has 30 heavy (non-hydrogen) atoms. The molecule has 0 aliphatic carbocycles. The fourth-order valence-corrected chi connectivity index (χ4v) is 2.40. The minimum atomic E-state index is -4.84. The van der Waals surface area contributed by atoms with Gasteiger partial charge in [-0.3, -0.25) is 9.59 Å². The maximum atomic E-state index is 12.4. The highest BCUT2D eigenvalue weighted by molar-refractivity contribution is 6.02. The fraction of sp³-hybridized carbons (Fsp3) is 0.211. The molecule has 8 nitrogen and oxygen atoms in total. The van der Waals surface area contributed by atoms with Crippen LogP contribution in [-0.4, -0.2) is 35.3 Å². The number of carboxylic acids is 1. The van der Waals surface area contributed by atoms with Crippen molar-refractivity contribution in [3.63, 3.8) is 0 Å². The number of amides is 1. The van der Waals surface area contributed by atoms with E-state index in [9.17, 15) is 22.8 Å². The van der Waals surface area contributed by atoms with Gasteiger partial charge in [0, 0.05) is 17.7 Å². The van der Waals surface area contributed by atoms with E-state index < -0.39 is 30.0 Å². The van der Waals surface area contributed by atoms with Crippen molar-refractivity contribution in [3.8, 4) is 5.75 Å². The predicted octanol–water partition coefficient (Wildman–Crippen LogP) is 1.78. The minimum Gasteiger partial charge on any atom is -0.480 e. The minimum absolute atomic E-state index is 0.0934. The number of carboxylic acid groups (broad SMARTS) is 1. The van der Waals surface area contributed by atoms with E-state index in [2.05, 4.69) is 15.0 Å². The molecule has 0 bridgehead atoms. The Labute approximate surface area is 169 Å². The summed E-state index contributed by atoms with van der Waals surface area (Å²) in [6.45, 7) is -0.152. The maximum Gasteiger partial charge on any atom is 0.573 e. The lowest BCUT2D eigenvalue weighted by molar-refractivity contribution is -0.274. The molecule has 0 unspecified atom stereocenters. The highest BCUT2D eigenvalue weighted by Crippen LogP contribution is 2.26. The lowest BCUT2D eigenvalue weighted by Gasteiger charge is -2.13. The van der Waals surface area contributed by atoms with Crippen molar-refractivity contribution in [2.24, 2.45) is 16.5 Å². The second-order valence-electron chi connectivity index (χ2n) is 6.16. The number of nitrogens with two attached hydrogens (primary N) is 2. The first-order valence-electron chi connectivity index (χ1n) is 8.58. The zero-order valence-electron chi connectivity index (χ0n) is 15.5. The molecule has 6 N–H and O–H groups in total. The third-order valence-electron chi connectivity index (χ3n) is 3.85. The number of guanidine groups is 1. The zero-order valence-corrected chi connectivity index (χ0v) is 15.5. The molecule has 2 aromatic rings. The van der Waals surface area contributed by atoms with Crippen LogP contribution in [0.5, 0.6) is 5.75 Å². The number of aliphatic imine (C=N–C) groups is 1. The standard InChI is InChI=1S/C19H19F3N4O4/c20-19(21,22)30-15-4-2-1-3-13(15)10-25-18(24)26-16(27)12-7-5-11(6-8-12)9-14(23)17(28)29/h1-8,14H,9-10,23H2,(H,28,29)(H3,24,25,26,27)/t14-/m0/s1. The number of halogens is 3. The summed E-state index contributed by atoms with van der Waals surface area (Å²) in [4.78, 5) is 26.6. The smallest absolute Gasteiger partial charge is 0.480 e. The largest absolute Gasteiger partial charge is 0.573 e. The average molecular weight is 424 g/mol. The van der Waals surface area contributed by atoms with Crippen molar-refractivity contribution < 1.29 is 32.6 Å². The molecule has 0 aliphatic heterocycles. The molecule has 0 fully saturated rings. The van der Waals surface area contributed by atoms with Crippen LogP contribution >= 0.6 is 0 Å². The van der Waals surface area contributed by atoms with Gasteiger partial charge in [-0.15, -0.1) is 13.2 Å². The van der Waals surface area contributed by atoms with Crippen LogP contribution in [0.1, 0.15) is 21.5 Å². The number of alkyl halides is 3. The van der Waals surface area contributed by atoms with Crippen LogP contribution in [0.2, 0.25) is 0 Å². The van der Waals surface area contributed by atoms with Gasteiger partial charge in [-0.25, -0.2) is 0 Å². The zero-order chi connectivity index (χ0) is 22.3. The summed E-state index contributed by atoms with van der Waals surface area (Å²) in [5.41, 5.74) is 12.1. The Morgan fingerprint density at radius 2 is 1.77 bits per heavy atom. The van der Waals surface area contributed by atoms with Crippen molar-refractivity contribution in [2.75, 3.05) is 0 Å². The van der Waals surface area contributed by atoms with Gasteiger partial charge < -0.3 is 26.6 Å². The number of aliphatic carboxylic acids is 1. The van der Waals surface area contributed by atoms with Crippen molar-refractivity contribution in [1.29, 1.82) is 0 Å². The molecule has 2 rings (SSSR count). The van der Waals surface area contributed by atoms with Gasteiger partial charge in [0.25, 0.3) is 5.91 Å². The summed E-state index contributed by atoms with van der Waals surface area (Å²) in [6.07, 6.45) is -4.75. The van der Waals surface area contributed by atoms with E-state index in [1.54, 1.807) is 12.1 Å². The second-order valence-corrected chi connectivity index (χ2v) is 6.16. The van der Waals surface area contributed by atoms with Gasteiger partial charge in [0.2, 0.25) is 0 Å². The molecule has 0 saturated carbocycles. The van der Waals surface area contributed by atoms with Crippen molar-refractivity contribution in [2.45, 2.75) is 25.4 Å². The molecule has 0 heterocycles. The molecular formula is C19H19F3N4O4. The first kappa shape index (κ1) is 22.7. The van der Waals surface area contributed by atoms with Crippen LogP contribution in [-0.2, 0) is 17.8 Å². The van der Waals surface area contributed by atoms with Crippen LogP contribution in [0, 0.1) is 0 Å². The van der Waals surface area contributed by atoms with Crippen LogP contribution in [0.4, 0.5) is 13.2 Å². The Balaban J connectivity index is 1.99. The van der Waals surface area contributed by atoms with Gasteiger partial charge in [-0.05, 0) is 30.2 Å². The van der Waals surface area contributed by atoms with Crippen LogP contribution < -0.4 is 21.5 Å². The Hall–Kier alpha value is -3.60. The molecular weight excluding hydrogens is 405 g/mol. The van der Waals surface area contributed by atoms with Gasteiger partial charge in [0.15, 0.2) is 5.96 Å². The molecule has 2 aromatic carbocycles. The van der Waals surface area contributed by atoms with Gasteiger partial charge in [0.05, 0.1) is 0 Å². The van der Waals surface area contributed by atoms with Crippen molar-refractivity contribution in [3.05, 3.63) is 65.2 Å². The number of nitrogens with one attached hydrogen (secondary N) is 1. The SMILES string of the molecule is N/C(=N\C(=O)c1ccc(C[C@H](N)C(=O)O)cc1)NCc1ccccc1OC(F)(F)F. The molecule has 160 valence electrons. The number of ether oxygens (including phenoxy) is 1.